The smallest absolute Gasteiger partial charge is 0.244 e. The van der Waals surface area contributed by atoms with Gasteiger partial charge in [-0.05, 0) is 25.0 Å². The van der Waals surface area contributed by atoms with Crippen molar-refractivity contribution in [3.8, 4) is 0 Å². The maximum absolute atomic E-state index is 12.0. The van der Waals surface area contributed by atoms with E-state index in [4.69, 9.17) is 5.73 Å². The molecule has 2 N–H and O–H groups in total. The van der Waals surface area contributed by atoms with Crippen molar-refractivity contribution in [2.24, 2.45) is 0 Å². The number of carbonyl (C=O) groups excluding carboxylic acids is 1. The monoisotopic (exact) mass is 234 g/mol. The molecule has 0 aromatic carbocycles. The molecule has 1 saturated heterocycles. The summed E-state index contributed by atoms with van der Waals surface area (Å²) in [6, 6.07) is 3.61. The number of anilines is 2. The van der Waals surface area contributed by atoms with Gasteiger partial charge in [0.1, 0.15) is 11.9 Å². The lowest BCUT2D eigenvalue weighted by atomic mass is 10.2. The summed E-state index contributed by atoms with van der Waals surface area (Å²) in [6.45, 7) is 0.876. The second-order valence-corrected chi connectivity index (χ2v) is 4.53. The van der Waals surface area contributed by atoms with Gasteiger partial charge in [-0.25, -0.2) is 4.98 Å². The van der Waals surface area contributed by atoms with E-state index in [-0.39, 0.29) is 11.9 Å². The van der Waals surface area contributed by atoms with E-state index in [1.54, 1.807) is 25.2 Å². The van der Waals surface area contributed by atoms with Crippen LogP contribution in [0.2, 0.25) is 0 Å². The molecular weight excluding hydrogens is 216 g/mol. The summed E-state index contributed by atoms with van der Waals surface area (Å²) in [5, 5.41) is 0. The van der Waals surface area contributed by atoms with Gasteiger partial charge in [-0.1, -0.05) is 0 Å². The fourth-order valence-corrected chi connectivity index (χ4v) is 2.16. The van der Waals surface area contributed by atoms with Crippen LogP contribution in [0, 0.1) is 0 Å². The molecule has 5 nitrogen and oxygen atoms in total. The number of nitrogens with two attached hydrogens (primary N) is 1. The molecule has 1 aromatic rings. The number of likely N-dealkylation sites (N-methyl/N-ethyl adjacent to an activating group) is 1. The first-order chi connectivity index (χ1) is 8.09. The average molecular weight is 234 g/mol. The fourth-order valence-electron chi connectivity index (χ4n) is 2.16. The van der Waals surface area contributed by atoms with Crippen molar-refractivity contribution in [2.75, 3.05) is 31.3 Å². The standard InChI is InChI=1S/C12H18N4O/c1-15(2)12(17)10-4-3-7-16(10)11-6-5-9(13)8-14-11/h5-6,8,10H,3-4,7,13H2,1-2H3. The summed E-state index contributed by atoms with van der Waals surface area (Å²) in [6.07, 6.45) is 3.55. The first kappa shape index (κ1) is 11.7. The quantitative estimate of drug-likeness (QED) is 0.819. The van der Waals surface area contributed by atoms with Crippen LogP contribution in [0.15, 0.2) is 18.3 Å². The van der Waals surface area contributed by atoms with Crippen LogP contribution in [0.1, 0.15) is 12.8 Å². The number of nitrogens with zero attached hydrogens (tertiary/aromatic N) is 3. The van der Waals surface area contributed by atoms with Crippen LogP contribution in [0.5, 0.6) is 0 Å². The first-order valence-electron chi connectivity index (χ1n) is 5.79. The third-order valence-corrected chi connectivity index (χ3v) is 3.04. The van der Waals surface area contributed by atoms with Crippen molar-refractivity contribution >= 4 is 17.4 Å². The highest BCUT2D eigenvalue weighted by molar-refractivity contribution is 5.85. The lowest BCUT2D eigenvalue weighted by Crippen LogP contribution is -2.43. The Labute approximate surface area is 101 Å². The normalized spacial score (nSPS) is 19.4. The molecular formula is C12H18N4O. The summed E-state index contributed by atoms with van der Waals surface area (Å²) in [5.41, 5.74) is 6.25. The molecule has 1 aromatic heterocycles. The Bertz CT molecular complexity index is 401. The largest absolute Gasteiger partial charge is 0.397 e. The SMILES string of the molecule is CN(C)C(=O)C1CCCN1c1ccc(N)cn1. The molecule has 92 valence electrons. The zero-order valence-electron chi connectivity index (χ0n) is 10.3. The molecule has 17 heavy (non-hydrogen) atoms. The zero-order chi connectivity index (χ0) is 12.4. The Kier molecular flexibility index (Phi) is 3.17. The number of amides is 1. The zero-order valence-corrected chi connectivity index (χ0v) is 10.3. The van der Waals surface area contributed by atoms with Gasteiger partial charge in [0, 0.05) is 20.6 Å². The molecule has 1 aliphatic heterocycles. The second kappa shape index (κ2) is 4.61. The number of aromatic nitrogens is 1. The highest BCUT2D eigenvalue weighted by Gasteiger charge is 2.32. The summed E-state index contributed by atoms with van der Waals surface area (Å²) >= 11 is 0. The van der Waals surface area contributed by atoms with Crippen LogP contribution in [0.3, 0.4) is 0 Å². The van der Waals surface area contributed by atoms with E-state index in [1.165, 1.54) is 0 Å². The topological polar surface area (TPSA) is 62.5 Å². The second-order valence-electron chi connectivity index (χ2n) is 4.53. The third-order valence-electron chi connectivity index (χ3n) is 3.04. The van der Waals surface area contributed by atoms with E-state index < -0.39 is 0 Å². The Balaban J connectivity index is 2.20. The highest BCUT2D eigenvalue weighted by atomic mass is 16.2. The molecule has 2 rings (SSSR count). The van der Waals surface area contributed by atoms with Gasteiger partial charge in [-0.3, -0.25) is 4.79 Å². The molecule has 1 amide bonds. The summed E-state index contributed by atoms with van der Waals surface area (Å²) in [4.78, 5) is 20.0. The number of carbonyl (C=O) groups is 1. The molecule has 5 heteroatoms. The van der Waals surface area contributed by atoms with Gasteiger partial charge in [0.2, 0.25) is 5.91 Å². The van der Waals surface area contributed by atoms with E-state index in [0.29, 0.717) is 5.69 Å². The van der Waals surface area contributed by atoms with Gasteiger partial charge in [0.25, 0.3) is 0 Å². The van der Waals surface area contributed by atoms with Crippen molar-refractivity contribution in [1.82, 2.24) is 9.88 Å². The maximum Gasteiger partial charge on any atom is 0.244 e. The molecule has 1 fully saturated rings. The van der Waals surface area contributed by atoms with Crippen LogP contribution in [0.4, 0.5) is 11.5 Å². The predicted octanol–water partition coefficient (Wildman–Crippen LogP) is 0.721. The highest BCUT2D eigenvalue weighted by Crippen LogP contribution is 2.25. The molecule has 0 radical (unpaired) electrons. The van der Waals surface area contributed by atoms with Gasteiger partial charge in [0.15, 0.2) is 0 Å². The number of hydrogen-bond donors (Lipinski definition) is 1. The van der Waals surface area contributed by atoms with E-state index in [0.717, 1.165) is 25.2 Å². The Hall–Kier alpha value is -1.78. The Morgan fingerprint density at radius 3 is 2.88 bits per heavy atom. The lowest BCUT2D eigenvalue weighted by Gasteiger charge is -2.27. The number of rotatable bonds is 2. The van der Waals surface area contributed by atoms with Crippen molar-refractivity contribution < 1.29 is 4.79 Å². The van der Waals surface area contributed by atoms with Crippen LogP contribution >= 0.6 is 0 Å². The number of pyridine rings is 1. The van der Waals surface area contributed by atoms with E-state index in [1.807, 2.05) is 12.1 Å². The minimum Gasteiger partial charge on any atom is -0.397 e. The first-order valence-corrected chi connectivity index (χ1v) is 5.79. The molecule has 2 heterocycles. The Morgan fingerprint density at radius 1 is 1.53 bits per heavy atom. The average Bonchev–Trinajstić information content (AvgIpc) is 2.77. The molecule has 1 atom stereocenters. The van der Waals surface area contributed by atoms with Crippen LogP contribution in [-0.4, -0.2) is 42.5 Å². The molecule has 0 bridgehead atoms. The number of nitrogen functional groups attached to an aromatic ring is 1. The maximum atomic E-state index is 12.0. The number of hydrogen-bond acceptors (Lipinski definition) is 4. The minimum atomic E-state index is -0.0823. The van der Waals surface area contributed by atoms with Gasteiger partial charge in [-0.2, -0.15) is 0 Å². The Morgan fingerprint density at radius 2 is 2.29 bits per heavy atom. The van der Waals surface area contributed by atoms with Gasteiger partial charge < -0.3 is 15.5 Å². The molecule has 0 saturated carbocycles. The minimum absolute atomic E-state index is 0.0823. The fraction of sp³-hybridized carbons (Fsp3) is 0.500. The summed E-state index contributed by atoms with van der Waals surface area (Å²) in [5.74, 6) is 0.970. The predicted molar refractivity (Wildman–Crippen MR) is 67.7 cm³/mol. The van der Waals surface area contributed by atoms with Crippen LogP contribution in [-0.2, 0) is 4.79 Å². The summed E-state index contributed by atoms with van der Waals surface area (Å²) < 4.78 is 0. The summed E-state index contributed by atoms with van der Waals surface area (Å²) in [7, 11) is 3.57. The molecule has 0 aliphatic carbocycles. The van der Waals surface area contributed by atoms with Crippen molar-refractivity contribution in [1.29, 1.82) is 0 Å². The van der Waals surface area contributed by atoms with Crippen molar-refractivity contribution in [3.63, 3.8) is 0 Å². The van der Waals surface area contributed by atoms with E-state index in [9.17, 15) is 4.79 Å². The van der Waals surface area contributed by atoms with E-state index >= 15 is 0 Å². The van der Waals surface area contributed by atoms with Crippen LogP contribution in [0.25, 0.3) is 0 Å². The van der Waals surface area contributed by atoms with Crippen molar-refractivity contribution in [2.45, 2.75) is 18.9 Å². The lowest BCUT2D eigenvalue weighted by molar-refractivity contribution is -0.129. The molecule has 0 spiro atoms. The third kappa shape index (κ3) is 2.33. The van der Waals surface area contributed by atoms with Crippen LogP contribution < -0.4 is 10.6 Å². The molecule has 1 unspecified atom stereocenters. The molecule has 1 aliphatic rings. The van der Waals surface area contributed by atoms with Gasteiger partial charge >= 0.3 is 0 Å². The van der Waals surface area contributed by atoms with E-state index in [2.05, 4.69) is 9.88 Å². The van der Waals surface area contributed by atoms with Gasteiger partial charge in [-0.15, -0.1) is 0 Å². The van der Waals surface area contributed by atoms with Crippen molar-refractivity contribution in [3.05, 3.63) is 18.3 Å². The van der Waals surface area contributed by atoms with Gasteiger partial charge in [0.05, 0.1) is 11.9 Å².